The van der Waals surface area contributed by atoms with E-state index in [0.717, 1.165) is 44.7 Å². The lowest BCUT2D eigenvalue weighted by atomic mass is 9.88. The molecule has 1 aromatic heterocycles. The molecule has 1 aliphatic heterocycles. The van der Waals surface area contributed by atoms with E-state index in [4.69, 9.17) is 16.7 Å². The molecule has 0 aromatic carbocycles. The van der Waals surface area contributed by atoms with Gasteiger partial charge in [-0.05, 0) is 37.0 Å². The van der Waals surface area contributed by atoms with Gasteiger partial charge in [0.05, 0.1) is 5.02 Å². The predicted molar refractivity (Wildman–Crippen MR) is 101 cm³/mol. The molecule has 1 saturated heterocycles. The van der Waals surface area contributed by atoms with E-state index < -0.39 is 5.97 Å². The first kappa shape index (κ1) is 18.7. The zero-order valence-corrected chi connectivity index (χ0v) is 15.4. The van der Waals surface area contributed by atoms with Gasteiger partial charge in [0, 0.05) is 37.3 Å². The summed E-state index contributed by atoms with van der Waals surface area (Å²) < 4.78 is 0. The molecule has 1 aromatic rings. The van der Waals surface area contributed by atoms with Crippen LogP contribution < -0.4 is 5.32 Å². The lowest BCUT2D eigenvalue weighted by Crippen LogP contribution is -2.36. The maximum Gasteiger partial charge on any atom is 0.328 e. The SMILES string of the molecule is O=C(O)/C=C/c1cnc(N[C@@H]2CCN(C(=O)C3CCCCC3)C2)c(Cl)c1. The molecule has 2 aliphatic rings. The molecule has 0 unspecified atom stereocenters. The number of aliphatic carboxylic acids is 1. The Balaban J connectivity index is 1.56. The molecule has 140 valence electrons. The minimum absolute atomic E-state index is 0.132. The van der Waals surface area contributed by atoms with E-state index >= 15 is 0 Å². The molecule has 2 N–H and O–H groups in total. The lowest BCUT2D eigenvalue weighted by Gasteiger charge is -2.26. The van der Waals surface area contributed by atoms with Gasteiger partial charge in [0.1, 0.15) is 5.82 Å². The van der Waals surface area contributed by atoms with Crippen molar-refractivity contribution in [1.29, 1.82) is 0 Å². The second kappa shape index (κ2) is 8.54. The summed E-state index contributed by atoms with van der Waals surface area (Å²) in [6.45, 7) is 1.44. The largest absolute Gasteiger partial charge is 0.478 e. The van der Waals surface area contributed by atoms with E-state index in [9.17, 15) is 9.59 Å². The Bertz CT molecular complexity index is 701. The van der Waals surface area contributed by atoms with Crippen LogP contribution in [0.5, 0.6) is 0 Å². The monoisotopic (exact) mass is 377 g/mol. The smallest absolute Gasteiger partial charge is 0.328 e. The molecule has 0 spiro atoms. The summed E-state index contributed by atoms with van der Waals surface area (Å²) in [6.07, 6.45) is 10.6. The van der Waals surface area contributed by atoms with Gasteiger partial charge in [0.2, 0.25) is 5.91 Å². The molecule has 7 heteroatoms. The van der Waals surface area contributed by atoms with Gasteiger partial charge in [-0.25, -0.2) is 9.78 Å². The number of hydrogen-bond acceptors (Lipinski definition) is 4. The summed E-state index contributed by atoms with van der Waals surface area (Å²) in [5, 5.41) is 12.4. The number of carboxylic acids is 1. The van der Waals surface area contributed by atoms with E-state index in [1.165, 1.54) is 12.5 Å². The molecule has 0 radical (unpaired) electrons. The number of likely N-dealkylation sites (tertiary alicyclic amines) is 1. The molecule has 2 fully saturated rings. The average molecular weight is 378 g/mol. The number of carbonyl (C=O) groups excluding carboxylic acids is 1. The molecule has 6 nitrogen and oxygen atoms in total. The topological polar surface area (TPSA) is 82.5 Å². The summed E-state index contributed by atoms with van der Waals surface area (Å²) in [5.41, 5.74) is 0.628. The number of carboxylic acid groups (broad SMARTS) is 1. The maximum atomic E-state index is 12.6. The molecular weight excluding hydrogens is 354 g/mol. The predicted octanol–water partition coefficient (Wildman–Crippen LogP) is 3.43. The van der Waals surface area contributed by atoms with Crippen molar-refractivity contribution in [3.8, 4) is 0 Å². The van der Waals surface area contributed by atoms with Crippen LogP contribution in [0.2, 0.25) is 5.02 Å². The van der Waals surface area contributed by atoms with E-state index in [-0.39, 0.29) is 12.0 Å². The zero-order valence-electron chi connectivity index (χ0n) is 14.7. The van der Waals surface area contributed by atoms with Gasteiger partial charge < -0.3 is 15.3 Å². The summed E-state index contributed by atoms with van der Waals surface area (Å²) in [7, 11) is 0. The van der Waals surface area contributed by atoms with Crippen molar-refractivity contribution in [3.63, 3.8) is 0 Å². The van der Waals surface area contributed by atoms with Crippen molar-refractivity contribution in [3.05, 3.63) is 28.9 Å². The molecular formula is C19H24ClN3O3. The number of carbonyl (C=O) groups is 2. The Labute approximate surface area is 158 Å². The van der Waals surface area contributed by atoms with E-state index in [1.54, 1.807) is 12.3 Å². The Morgan fingerprint density at radius 3 is 2.73 bits per heavy atom. The first-order valence-electron chi connectivity index (χ1n) is 9.15. The number of rotatable bonds is 5. The fraction of sp³-hybridized carbons (Fsp3) is 0.526. The van der Waals surface area contributed by atoms with Crippen LogP contribution >= 0.6 is 11.6 Å². The fourth-order valence-electron chi connectivity index (χ4n) is 3.70. The molecule has 1 saturated carbocycles. The number of nitrogens with one attached hydrogen (secondary N) is 1. The molecule has 0 bridgehead atoms. The fourth-order valence-corrected chi connectivity index (χ4v) is 3.93. The van der Waals surface area contributed by atoms with E-state index in [2.05, 4.69) is 10.3 Å². The van der Waals surface area contributed by atoms with Crippen LogP contribution in [-0.2, 0) is 9.59 Å². The standard InChI is InChI=1S/C19H24ClN3O3/c20-16-10-13(6-7-17(24)25)11-21-18(16)22-15-8-9-23(12-15)19(26)14-4-2-1-3-5-14/h6-7,10-11,14-15H,1-5,8-9,12H2,(H,21,22)(H,24,25)/b7-6+/t15-/m1/s1. The molecule has 3 rings (SSSR count). The van der Waals surface area contributed by atoms with Crippen LogP contribution in [0, 0.1) is 5.92 Å². The molecule has 1 atom stereocenters. The summed E-state index contributed by atoms with van der Waals surface area (Å²) in [6, 6.07) is 1.81. The number of pyridine rings is 1. The van der Waals surface area contributed by atoms with Crippen LogP contribution in [0.25, 0.3) is 6.08 Å². The summed E-state index contributed by atoms with van der Waals surface area (Å²) in [5.74, 6) is 0.0415. The number of nitrogens with zero attached hydrogens (tertiary/aromatic N) is 2. The Kier molecular flexibility index (Phi) is 6.14. The summed E-state index contributed by atoms with van der Waals surface area (Å²) in [4.78, 5) is 29.5. The molecule has 1 aliphatic carbocycles. The van der Waals surface area contributed by atoms with Crippen LogP contribution in [0.1, 0.15) is 44.1 Å². The van der Waals surface area contributed by atoms with Gasteiger partial charge in [-0.3, -0.25) is 4.79 Å². The Morgan fingerprint density at radius 1 is 1.27 bits per heavy atom. The van der Waals surface area contributed by atoms with Crippen LogP contribution in [0.3, 0.4) is 0 Å². The average Bonchev–Trinajstić information content (AvgIpc) is 3.10. The van der Waals surface area contributed by atoms with Gasteiger partial charge in [0.15, 0.2) is 0 Å². The zero-order chi connectivity index (χ0) is 18.5. The summed E-state index contributed by atoms with van der Waals surface area (Å²) >= 11 is 6.26. The van der Waals surface area contributed by atoms with Crippen LogP contribution in [-0.4, -0.2) is 46.0 Å². The number of aromatic nitrogens is 1. The number of amides is 1. The van der Waals surface area contributed by atoms with Gasteiger partial charge in [-0.2, -0.15) is 0 Å². The second-order valence-electron chi connectivity index (χ2n) is 7.02. The van der Waals surface area contributed by atoms with Crippen molar-refractivity contribution in [2.24, 2.45) is 5.92 Å². The van der Waals surface area contributed by atoms with Crippen molar-refractivity contribution in [2.45, 2.75) is 44.6 Å². The molecule has 2 heterocycles. The van der Waals surface area contributed by atoms with E-state index in [0.29, 0.717) is 28.9 Å². The number of anilines is 1. The Hall–Kier alpha value is -2.08. The second-order valence-corrected chi connectivity index (χ2v) is 7.43. The van der Waals surface area contributed by atoms with Crippen molar-refractivity contribution < 1.29 is 14.7 Å². The highest BCUT2D eigenvalue weighted by Crippen LogP contribution is 2.28. The van der Waals surface area contributed by atoms with Gasteiger partial charge in [0.25, 0.3) is 0 Å². The molecule has 1 amide bonds. The van der Waals surface area contributed by atoms with Gasteiger partial charge >= 0.3 is 5.97 Å². The van der Waals surface area contributed by atoms with E-state index in [1.807, 2.05) is 4.90 Å². The first-order chi connectivity index (χ1) is 12.5. The van der Waals surface area contributed by atoms with Crippen molar-refractivity contribution in [1.82, 2.24) is 9.88 Å². The number of halogens is 1. The van der Waals surface area contributed by atoms with Crippen molar-refractivity contribution in [2.75, 3.05) is 18.4 Å². The normalized spacial score (nSPS) is 21.3. The highest BCUT2D eigenvalue weighted by atomic mass is 35.5. The quantitative estimate of drug-likeness (QED) is 0.768. The third-order valence-electron chi connectivity index (χ3n) is 5.08. The minimum atomic E-state index is -1.02. The molecule has 26 heavy (non-hydrogen) atoms. The Morgan fingerprint density at radius 2 is 2.04 bits per heavy atom. The minimum Gasteiger partial charge on any atom is -0.478 e. The highest BCUT2D eigenvalue weighted by molar-refractivity contribution is 6.33. The van der Waals surface area contributed by atoms with Gasteiger partial charge in [-0.1, -0.05) is 30.9 Å². The van der Waals surface area contributed by atoms with Gasteiger partial charge in [-0.15, -0.1) is 0 Å². The van der Waals surface area contributed by atoms with Crippen LogP contribution in [0.4, 0.5) is 5.82 Å². The van der Waals surface area contributed by atoms with Crippen LogP contribution in [0.15, 0.2) is 18.3 Å². The number of hydrogen-bond donors (Lipinski definition) is 2. The lowest BCUT2D eigenvalue weighted by molar-refractivity contribution is -0.135. The highest BCUT2D eigenvalue weighted by Gasteiger charge is 2.31. The third kappa shape index (κ3) is 4.75. The third-order valence-corrected chi connectivity index (χ3v) is 5.36. The first-order valence-corrected chi connectivity index (χ1v) is 9.52. The van der Waals surface area contributed by atoms with Crippen molar-refractivity contribution >= 4 is 35.4 Å². The maximum absolute atomic E-state index is 12.6.